The molecule has 0 fully saturated rings. The maximum Gasteiger partial charge on any atom is 0.240 e. The van der Waals surface area contributed by atoms with E-state index in [1.54, 1.807) is 0 Å². The third-order valence-corrected chi connectivity index (χ3v) is 3.06. The zero-order valence-corrected chi connectivity index (χ0v) is 10.4. The minimum Gasteiger partial charge on any atom is -0.489 e. The molecule has 0 spiro atoms. The Bertz CT molecular complexity index is 443. The van der Waals surface area contributed by atoms with Crippen LogP contribution in [0, 0.1) is 0 Å². The molecule has 2 heterocycles. The Morgan fingerprint density at radius 2 is 2.25 bits per heavy atom. The average molecular weight is 238 g/mol. The van der Waals surface area contributed by atoms with Crippen LogP contribution in [0.4, 0.5) is 0 Å². The number of hydrogen-bond donors (Lipinski definition) is 0. The number of carbonyl (C=O) groups excluding carboxylic acids is 1. The van der Waals surface area contributed by atoms with Gasteiger partial charge >= 0.3 is 0 Å². The molecule has 1 aliphatic heterocycles. The fourth-order valence-corrected chi connectivity index (χ4v) is 2.34. The highest BCUT2D eigenvalue weighted by Crippen LogP contribution is 2.28. The molecule has 0 N–H and O–H groups in total. The maximum atomic E-state index is 12.1. The number of ether oxygens (including phenoxy) is 1. The lowest BCUT2D eigenvalue weighted by molar-refractivity contribution is 0.0944. The Balaban J connectivity index is 2.34. The van der Waals surface area contributed by atoms with Crippen LogP contribution in [0.25, 0.3) is 0 Å². The summed E-state index contributed by atoms with van der Waals surface area (Å²) in [7, 11) is 0. The molecule has 0 atom stereocenters. The summed E-state index contributed by atoms with van der Waals surface area (Å²) in [5.41, 5.74) is 0.579. The van der Waals surface area contributed by atoms with E-state index in [4.69, 9.17) is 4.74 Å². The number of nitrogens with zero attached hydrogens (tertiary/aromatic N) is 2. The maximum absolute atomic E-state index is 12.1. The van der Waals surface area contributed by atoms with Crippen LogP contribution in [0.15, 0.2) is 11.8 Å². The molecule has 0 saturated heterocycles. The van der Waals surface area contributed by atoms with Crippen molar-refractivity contribution in [3.63, 3.8) is 0 Å². The highest BCUT2D eigenvalue weighted by Gasteiger charge is 2.29. The van der Waals surface area contributed by atoms with E-state index in [0.717, 1.165) is 23.6 Å². The third-order valence-electron chi connectivity index (χ3n) is 2.33. The van der Waals surface area contributed by atoms with Crippen molar-refractivity contribution in [3.8, 4) is 0 Å². The first-order chi connectivity index (χ1) is 7.50. The zero-order chi connectivity index (χ0) is 11.8. The van der Waals surface area contributed by atoms with Gasteiger partial charge in [-0.2, -0.15) is 0 Å². The Morgan fingerprint density at radius 1 is 1.50 bits per heavy atom. The highest BCUT2D eigenvalue weighted by atomic mass is 32.1. The molecule has 0 radical (unpaired) electrons. The zero-order valence-electron chi connectivity index (χ0n) is 9.61. The molecule has 0 aromatic carbocycles. The predicted molar refractivity (Wildman–Crippen MR) is 61.6 cm³/mol. The number of ketones is 1. The van der Waals surface area contributed by atoms with E-state index in [9.17, 15) is 4.79 Å². The van der Waals surface area contributed by atoms with Crippen LogP contribution in [-0.2, 0) is 10.2 Å². The van der Waals surface area contributed by atoms with Crippen LogP contribution in [0.5, 0.6) is 0 Å². The molecule has 1 aromatic heterocycles. The standard InChI is InChI=1S/C11H14N2O2S/c1-11(2,3)10-9(16-13-12-10)8(14)7-5-4-6-15-7/h5H,4,6H2,1-3H3. The smallest absolute Gasteiger partial charge is 0.240 e. The molecule has 0 unspecified atom stereocenters. The van der Waals surface area contributed by atoms with Crippen LogP contribution >= 0.6 is 11.5 Å². The molecule has 5 heteroatoms. The van der Waals surface area contributed by atoms with Crippen molar-refractivity contribution in [2.24, 2.45) is 0 Å². The van der Waals surface area contributed by atoms with E-state index in [2.05, 4.69) is 9.59 Å². The predicted octanol–water partition coefficient (Wildman–Crippen LogP) is 2.32. The van der Waals surface area contributed by atoms with Crippen molar-refractivity contribution in [1.82, 2.24) is 9.59 Å². The van der Waals surface area contributed by atoms with Gasteiger partial charge in [0, 0.05) is 11.8 Å². The summed E-state index contributed by atoms with van der Waals surface area (Å²) in [6.45, 7) is 6.65. The van der Waals surface area contributed by atoms with E-state index in [0.29, 0.717) is 17.2 Å². The largest absolute Gasteiger partial charge is 0.489 e. The summed E-state index contributed by atoms with van der Waals surface area (Å²) in [5, 5.41) is 4.04. The lowest BCUT2D eigenvalue weighted by Gasteiger charge is -2.15. The monoisotopic (exact) mass is 238 g/mol. The van der Waals surface area contributed by atoms with Gasteiger partial charge in [0.1, 0.15) is 4.88 Å². The molecule has 1 aromatic rings. The lowest BCUT2D eigenvalue weighted by Crippen LogP contribution is -2.17. The van der Waals surface area contributed by atoms with Crippen molar-refractivity contribution in [3.05, 3.63) is 22.4 Å². The summed E-state index contributed by atoms with van der Waals surface area (Å²) >= 11 is 1.14. The second kappa shape index (κ2) is 3.97. The van der Waals surface area contributed by atoms with Crippen molar-refractivity contribution in [2.45, 2.75) is 32.6 Å². The summed E-state index contributed by atoms with van der Waals surface area (Å²) in [4.78, 5) is 12.7. The van der Waals surface area contributed by atoms with E-state index in [1.807, 2.05) is 26.8 Å². The molecule has 0 amide bonds. The van der Waals surface area contributed by atoms with Gasteiger partial charge in [-0.05, 0) is 17.6 Å². The van der Waals surface area contributed by atoms with Crippen molar-refractivity contribution < 1.29 is 9.53 Å². The molecule has 1 aliphatic rings. The first-order valence-corrected chi connectivity index (χ1v) is 5.98. The number of carbonyl (C=O) groups is 1. The molecule has 0 saturated carbocycles. The summed E-state index contributed by atoms with van der Waals surface area (Å²) in [6, 6.07) is 0. The Morgan fingerprint density at radius 3 is 2.81 bits per heavy atom. The SMILES string of the molecule is CC(C)(C)c1nnsc1C(=O)C1=CCCO1. The molecule has 0 bridgehead atoms. The van der Waals surface area contributed by atoms with E-state index in [-0.39, 0.29) is 11.2 Å². The molecule has 0 aliphatic carbocycles. The molecule has 4 nitrogen and oxygen atoms in total. The fourth-order valence-electron chi connectivity index (χ4n) is 1.52. The normalized spacial score (nSPS) is 15.8. The molecule has 16 heavy (non-hydrogen) atoms. The van der Waals surface area contributed by atoms with Crippen molar-refractivity contribution >= 4 is 17.3 Å². The minimum atomic E-state index is -0.169. The average Bonchev–Trinajstić information content (AvgIpc) is 2.87. The van der Waals surface area contributed by atoms with Crippen LogP contribution in [0.2, 0.25) is 0 Å². The van der Waals surface area contributed by atoms with Crippen molar-refractivity contribution in [2.75, 3.05) is 6.61 Å². The second-order valence-electron chi connectivity index (χ2n) is 4.74. The molecule has 86 valence electrons. The van der Waals surface area contributed by atoms with Gasteiger partial charge in [0.2, 0.25) is 5.78 Å². The van der Waals surface area contributed by atoms with E-state index >= 15 is 0 Å². The van der Waals surface area contributed by atoms with Crippen LogP contribution in [0.3, 0.4) is 0 Å². The first-order valence-electron chi connectivity index (χ1n) is 5.20. The van der Waals surface area contributed by atoms with E-state index < -0.39 is 0 Å². The summed E-state index contributed by atoms with van der Waals surface area (Å²) < 4.78 is 9.14. The number of hydrogen-bond acceptors (Lipinski definition) is 5. The second-order valence-corrected chi connectivity index (χ2v) is 5.49. The van der Waals surface area contributed by atoms with Gasteiger partial charge in [-0.25, -0.2) is 0 Å². The van der Waals surface area contributed by atoms with Gasteiger partial charge in [-0.1, -0.05) is 25.3 Å². The Labute approximate surface area is 98.5 Å². The van der Waals surface area contributed by atoms with Gasteiger partial charge in [-0.15, -0.1) is 5.10 Å². The summed E-state index contributed by atoms with van der Waals surface area (Å²) in [5.74, 6) is 0.356. The van der Waals surface area contributed by atoms with Crippen LogP contribution < -0.4 is 0 Å². The van der Waals surface area contributed by atoms with Gasteiger partial charge in [0.25, 0.3) is 0 Å². The lowest BCUT2D eigenvalue weighted by atomic mass is 9.90. The molecule has 2 rings (SSSR count). The van der Waals surface area contributed by atoms with Gasteiger partial charge in [-0.3, -0.25) is 4.79 Å². The molecular formula is C11H14N2O2S. The first kappa shape index (κ1) is 11.3. The fraction of sp³-hybridized carbons (Fsp3) is 0.545. The van der Waals surface area contributed by atoms with E-state index in [1.165, 1.54) is 0 Å². The highest BCUT2D eigenvalue weighted by molar-refractivity contribution is 7.08. The topological polar surface area (TPSA) is 52.1 Å². The van der Waals surface area contributed by atoms with Gasteiger partial charge in [0.05, 0.1) is 12.3 Å². The Kier molecular flexibility index (Phi) is 2.80. The number of allylic oxidation sites excluding steroid dienone is 1. The summed E-state index contributed by atoms with van der Waals surface area (Å²) in [6.07, 6.45) is 2.63. The number of rotatable bonds is 2. The van der Waals surface area contributed by atoms with Gasteiger partial charge in [0.15, 0.2) is 5.76 Å². The minimum absolute atomic E-state index is 0.0857. The molecular weight excluding hydrogens is 224 g/mol. The van der Waals surface area contributed by atoms with Gasteiger partial charge < -0.3 is 4.74 Å². The van der Waals surface area contributed by atoms with Crippen LogP contribution in [-0.4, -0.2) is 22.0 Å². The number of aromatic nitrogens is 2. The van der Waals surface area contributed by atoms with Crippen molar-refractivity contribution in [1.29, 1.82) is 0 Å². The number of Topliss-reactive ketones (excluding diaryl/α,β-unsaturated/α-hetero) is 1. The van der Waals surface area contributed by atoms with Crippen LogP contribution in [0.1, 0.15) is 42.6 Å². The Hall–Kier alpha value is -1.23. The quantitative estimate of drug-likeness (QED) is 0.742. The third kappa shape index (κ3) is 2.00.